The zero-order valence-corrected chi connectivity index (χ0v) is 72.9. The molecule has 6 heterocycles. The third-order valence-electron chi connectivity index (χ3n) is 21.0. The molecular formula is C112H118N6O. The second-order valence-corrected chi connectivity index (χ2v) is 36.5. The molecule has 0 saturated heterocycles. The number of hydrogen-bond acceptors (Lipinski definition) is 6. The van der Waals surface area contributed by atoms with Crippen LogP contribution in [0.25, 0.3) is 117 Å². The fourth-order valence-electron chi connectivity index (χ4n) is 14.3. The van der Waals surface area contributed by atoms with Crippen molar-refractivity contribution in [3.8, 4) is 73.0 Å². The summed E-state index contributed by atoms with van der Waals surface area (Å²) in [5, 5.41) is 5.07. The zero-order valence-electron chi connectivity index (χ0n) is 77.9. The van der Waals surface area contributed by atoms with Crippen LogP contribution in [-0.4, -0.2) is 29.5 Å². The Morgan fingerprint density at radius 1 is 0.303 bits per heavy atom. The van der Waals surface area contributed by atoms with E-state index in [4.69, 9.17) is 26.2 Å². The molecule has 0 unspecified atom stereocenters. The highest BCUT2D eigenvalue weighted by Crippen LogP contribution is 2.42. The largest absolute Gasteiger partial charge is 0.456 e. The second kappa shape index (κ2) is 37.0. The molecule has 119 heavy (non-hydrogen) atoms. The van der Waals surface area contributed by atoms with Crippen LogP contribution in [0.5, 0.6) is 0 Å². The summed E-state index contributed by atoms with van der Waals surface area (Å²) in [7, 11) is 0. The summed E-state index contributed by atoms with van der Waals surface area (Å²) < 4.78 is 45.8. The van der Waals surface area contributed by atoms with Gasteiger partial charge < -0.3 is 8.98 Å². The Morgan fingerprint density at radius 2 is 0.672 bits per heavy atom. The van der Waals surface area contributed by atoms with Gasteiger partial charge in [-0.2, -0.15) is 0 Å². The summed E-state index contributed by atoms with van der Waals surface area (Å²) >= 11 is 0. The summed E-state index contributed by atoms with van der Waals surface area (Å²) in [6.07, 6.45) is 2.33. The number of nitrogens with zero attached hydrogens (tertiary/aromatic N) is 6. The molecule has 0 saturated carbocycles. The van der Waals surface area contributed by atoms with Gasteiger partial charge in [0.2, 0.25) is 0 Å². The van der Waals surface area contributed by atoms with Crippen molar-refractivity contribution >= 4 is 43.7 Å². The van der Waals surface area contributed by atoms with Crippen molar-refractivity contribution in [1.29, 1.82) is 0 Å². The minimum absolute atomic E-state index is 0.0410. The van der Waals surface area contributed by atoms with Crippen LogP contribution in [0.2, 0.25) is 0 Å². The number of aromatic nitrogens is 6. The summed E-state index contributed by atoms with van der Waals surface area (Å²) in [5.74, 6) is 0.868. The van der Waals surface area contributed by atoms with Crippen molar-refractivity contribution in [3.63, 3.8) is 0 Å². The molecule has 0 atom stereocenters. The highest BCUT2D eigenvalue weighted by atomic mass is 16.3. The SMILES string of the molecule is CC(C)(C)c1c(-c2ccccc2)cncc1-c1ccccc1.CC(C)(C)c1cc(-c2ccccc2)nc(-c2ccccc2)c1.CC(C)(C)c1ccc2c(c1)c1ccccc1n2-c1ccccc1.CC(C)(C)c1ccc2oc3ccccc3c2c1.CC(C)(C)c1nc(-c2ccccc2)cc(-c2ccccc2)n1.[2H]C([2H])([2H])c1cc(C(C)(C)C)cc(C([2H])([2H])C)n1. The van der Waals surface area contributed by atoms with Gasteiger partial charge in [-0.15, -0.1) is 0 Å². The Morgan fingerprint density at radius 3 is 1.10 bits per heavy atom. The number of furan rings is 1. The first-order valence-corrected chi connectivity index (χ1v) is 41.4. The predicted octanol–water partition coefficient (Wildman–Crippen LogP) is 30.7. The van der Waals surface area contributed by atoms with Crippen molar-refractivity contribution in [1.82, 2.24) is 29.5 Å². The van der Waals surface area contributed by atoms with Gasteiger partial charge >= 0.3 is 0 Å². The van der Waals surface area contributed by atoms with Gasteiger partial charge in [0.25, 0.3) is 0 Å². The van der Waals surface area contributed by atoms with Crippen LogP contribution in [0.1, 0.15) is 183 Å². The molecule has 0 aliphatic rings. The van der Waals surface area contributed by atoms with Gasteiger partial charge in [0.1, 0.15) is 17.0 Å². The molecule has 17 rings (SSSR count). The molecular weight excluding hydrogens is 1450 g/mol. The van der Waals surface area contributed by atoms with E-state index in [0.29, 0.717) is 0 Å². The van der Waals surface area contributed by atoms with E-state index in [2.05, 4.69) is 373 Å². The monoisotopic (exact) mass is 1570 g/mol. The van der Waals surface area contributed by atoms with Gasteiger partial charge in [-0.1, -0.05) is 380 Å². The predicted molar refractivity (Wildman–Crippen MR) is 508 cm³/mol. The number of rotatable bonds is 8. The number of aryl methyl sites for hydroxylation is 2. The third kappa shape index (κ3) is 21.9. The summed E-state index contributed by atoms with van der Waals surface area (Å²) in [6, 6.07) is 113. The molecule has 0 N–H and O–H groups in total. The Hall–Kier alpha value is -12.5. The molecule has 7 heteroatoms. The van der Waals surface area contributed by atoms with Crippen LogP contribution in [-0.2, 0) is 38.9 Å². The van der Waals surface area contributed by atoms with Crippen molar-refractivity contribution in [3.05, 3.63) is 385 Å². The second-order valence-electron chi connectivity index (χ2n) is 36.5. The molecule has 602 valence electrons. The normalized spacial score (nSPS) is 12.6. The van der Waals surface area contributed by atoms with Gasteiger partial charge in [0.15, 0.2) is 0 Å². The minimum atomic E-state index is -2.32. The average molecular weight is 1570 g/mol. The highest BCUT2D eigenvalue weighted by molar-refractivity contribution is 6.09. The van der Waals surface area contributed by atoms with Crippen LogP contribution >= 0.6 is 0 Å². The maximum atomic E-state index is 7.70. The number of para-hydroxylation sites is 3. The number of hydrogen-bond donors (Lipinski definition) is 0. The topological polar surface area (TPSA) is 82.5 Å². The quantitative estimate of drug-likeness (QED) is 0.151. The molecule has 17 aromatic rings. The molecule has 0 aliphatic heterocycles. The summed E-state index contributed by atoms with van der Waals surface area (Å²) in [4.78, 5) is 22.9. The van der Waals surface area contributed by atoms with Crippen molar-refractivity contribution < 1.29 is 11.3 Å². The number of pyridine rings is 3. The number of benzene rings is 11. The van der Waals surface area contributed by atoms with Gasteiger partial charge in [-0.25, -0.2) is 15.0 Å². The van der Waals surface area contributed by atoms with E-state index in [1.54, 1.807) is 12.1 Å². The smallest absolute Gasteiger partial charge is 0.135 e. The highest BCUT2D eigenvalue weighted by Gasteiger charge is 2.26. The molecule has 0 bridgehead atoms. The molecule has 0 amide bonds. The summed E-state index contributed by atoms with van der Waals surface area (Å²) in [6.45, 7) is 38.4. The lowest BCUT2D eigenvalue weighted by Gasteiger charge is -2.26. The van der Waals surface area contributed by atoms with Crippen LogP contribution in [0, 0.1) is 6.85 Å². The van der Waals surface area contributed by atoms with E-state index in [1.807, 2.05) is 93.8 Å². The van der Waals surface area contributed by atoms with Gasteiger partial charge in [0, 0.05) is 96.7 Å². The van der Waals surface area contributed by atoms with Crippen LogP contribution in [0.3, 0.4) is 0 Å². The van der Waals surface area contributed by atoms with E-state index in [9.17, 15) is 0 Å². The molecule has 11 aromatic carbocycles. The fourth-order valence-corrected chi connectivity index (χ4v) is 14.3. The van der Waals surface area contributed by atoms with E-state index in [1.165, 1.54) is 89.7 Å². The summed E-state index contributed by atoms with van der Waals surface area (Å²) in [5.41, 5.74) is 25.5. The molecule has 0 fully saturated rings. The van der Waals surface area contributed by atoms with Crippen LogP contribution in [0.4, 0.5) is 0 Å². The first-order chi connectivity index (χ1) is 58.6. The lowest BCUT2D eigenvalue weighted by atomic mass is 9.78. The van der Waals surface area contributed by atoms with Gasteiger partial charge in [0.05, 0.1) is 33.8 Å². The van der Waals surface area contributed by atoms with E-state index >= 15 is 0 Å². The fraction of sp³-hybridized carbons (Fsp3) is 0.241. The van der Waals surface area contributed by atoms with Crippen LogP contribution in [0.15, 0.2) is 344 Å². The van der Waals surface area contributed by atoms with Crippen molar-refractivity contribution in [2.45, 2.75) is 177 Å². The lowest BCUT2D eigenvalue weighted by molar-refractivity contribution is 0.547. The Balaban J connectivity index is 0.000000136. The lowest BCUT2D eigenvalue weighted by Crippen LogP contribution is -2.16. The Kier molecular flexibility index (Phi) is 24.6. The van der Waals surface area contributed by atoms with E-state index < -0.39 is 13.2 Å². The first kappa shape index (κ1) is 79.0. The van der Waals surface area contributed by atoms with E-state index in [-0.39, 0.29) is 43.9 Å². The molecule has 7 nitrogen and oxygen atoms in total. The first-order valence-electron chi connectivity index (χ1n) is 43.9. The average Bonchev–Trinajstić information content (AvgIpc) is 1.60. The Bertz CT molecular complexity index is 6010. The third-order valence-corrected chi connectivity index (χ3v) is 21.0. The van der Waals surface area contributed by atoms with Crippen molar-refractivity contribution in [2.24, 2.45) is 0 Å². The maximum Gasteiger partial charge on any atom is 0.135 e. The van der Waals surface area contributed by atoms with Crippen LogP contribution < -0.4 is 0 Å². The van der Waals surface area contributed by atoms with Gasteiger partial charge in [-0.05, 0) is 158 Å². The van der Waals surface area contributed by atoms with Gasteiger partial charge in [-0.3, -0.25) is 9.97 Å². The molecule has 0 spiro atoms. The zero-order chi connectivity index (χ0) is 89.2. The maximum absolute atomic E-state index is 7.70. The van der Waals surface area contributed by atoms with E-state index in [0.717, 1.165) is 67.6 Å². The standard InChI is InChI=1S/C22H21N.2C21H21N.C20H20N2.C16H16O.C12H19N/c1-22(2,3)16-13-14-21-19(15-16)18-11-7-8-12-20(18)23(21)17-9-5-4-6-10-17;1-21(2,3)20-18(16-10-6-4-7-11-16)14-22-15-19(20)17-12-8-5-9-13-17;1-21(2,3)18-14-19(16-10-6-4-7-11-16)22-20(15-18)17-12-8-5-9-13-17;1-20(2,3)19-21-17(15-10-6-4-7-11-15)14-18(22-19)16-12-8-5-9-13-16;1-16(2,3)11-8-9-15-13(10-11)12-6-4-5-7-14(12)17-15;1-6-11-8-10(12(3,4)5)7-9(2)13-11/h4-15H,1-3H3;2*4-15H,1-3H3;4-14H,1-3H3;4-10H,1-3H3;7-8H,6H2,1-5H3/i;;;;;2D3,6D2. The molecule has 0 aliphatic carbocycles. The van der Waals surface area contributed by atoms with Crippen molar-refractivity contribution in [2.75, 3.05) is 0 Å². The number of fused-ring (bicyclic) bond motifs is 6. The minimum Gasteiger partial charge on any atom is -0.456 e. The Labute approximate surface area is 715 Å². The molecule has 6 aromatic heterocycles. The molecule has 0 radical (unpaired) electrons.